The minimum absolute atomic E-state index is 0.559. The van der Waals surface area contributed by atoms with Crippen molar-refractivity contribution in [3.05, 3.63) is 30.2 Å². The highest BCUT2D eigenvalue weighted by atomic mass is 16.5. The van der Waals surface area contributed by atoms with Crippen LogP contribution in [0.3, 0.4) is 0 Å². The predicted octanol–water partition coefficient (Wildman–Crippen LogP) is 2.49. The van der Waals surface area contributed by atoms with E-state index in [-0.39, 0.29) is 0 Å². The molecule has 0 spiro atoms. The first kappa shape index (κ1) is 13.4. The Labute approximate surface area is 118 Å². The van der Waals surface area contributed by atoms with Crippen molar-refractivity contribution < 1.29 is 8.94 Å². The van der Waals surface area contributed by atoms with Crippen molar-refractivity contribution in [2.75, 3.05) is 13.6 Å². The normalized spacial score (nSPS) is 22.8. The Bertz CT molecular complexity index is 535. The van der Waals surface area contributed by atoms with Gasteiger partial charge in [-0.15, -0.1) is 0 Å². The number of furan rings is 1. The Kier molecular flexibility index (Phi) is 3.89. The Morgan fingerprint density at radius 1 is 1.40 bits per heavy atom. The van der Waals surface area contributed by atoms with E-state index in [0.717, 1.165) is 18.8 Å². The summed E-state index contributed by atoms with van der Waals surface area (Å²) in [7, 11) is 2.14. The average Bonchev–Trinajstić information content (AvgIpc) is 3.19. The molecule has 20 heavy (non-hydrogen) atoms. The quantitative estimate of drug-likeness (QED) is 0.908. The molecule has 1 fully saturated rings. The maximum atomic E-state index is 5.85. The number of nitrogens with zero attached hydrogens (tertiary/aromatic N) is 2. The molecule has 0 aliphatic heterocycles. The predicted molar refractivity (Wildman–Crippen MR) is 75.9 cm³/mol. The zero-order valence-electron chi connectivity index (χ0n) is 11.8. The van der Waals surface area contributed by atoms with Crippen molar-refractivity contribution in [1.82, 2.24) is 10.1 Å². The minimum atomic E-state index is 0.559. The maximum Gasteiger partial charge on any atom is 0.202 e. The van der Waals surface area contributed by atoms with E-state index in [1.165, 1.54) is 19.3 Å². The van der Waals surface area contributed by atoms with Gasteiger partial charge in [0.05, 0.1) is 12.0 Å². The van der Waals surface area contributed by atoms with Crippen LogP contribution in [0.25, 0.3) is 11.5 Å². The second-order valence-electron chi connectivity index (χ2n) is 5.57. The molecule has 2 aromatic heterocycles. The highest BCUT2D eigenvalue weighted by Crippen LogP contribution is 2.29. The van der Waals surface area contributed by atoms with E-state index < -0.39 is 0 Å². The fourth-order valence-corrected chi connectivity index (χ4v) is 3.17. The van der Waals surface area contributed by atoms with Gasteiger partial charge in [-0.05, 0) is 44.5 Å². The second kappa shape index (κ2) is 5.81. The topological polar surface area (TPSA) is 68.4 Å². The van der Waals surface area contributed by atoms with Crippen LogP contribution < -0.4 is 5.73 Å². The van der Waals surface area contributed by atoms with E-state index in [9.17, 15) is 0 Å². The monoisotopic (exact) mass is 275 g/mol. The van der Waals surface area contributed by atoms with Crippen LogP contribution >= 0.6 is 0 Å². The van der Waals surface area contributed by atoms with Crippen molar-refractivity contribution in [3.8, 4) is 11.5 Å². The Hall–Kier alpha value is -1.59. The van der Waals surface area contributed by atoms with E-state index in [4.69, 9.17) is 14.7 Å². The summed E-state index contributed by atoms with van der Waals surface area (Å²) in [5.41, 5.74) is 6.78. The highest BCUT2D eigenvalue weighted by molar-refractivity contribution is 5.49. The van der Waals surface area contributed by atoms with Crippen LogP contribution in [0.15, 0.2) is 33.4 Å². The number of rotatable bonds is 5. The van der Waals surface area contributed by atoms with Crippen molar-refractivity contribution in [2.24, 2.45) is 11.7 Å². The molecule has 0 amide bonds. The van der Waals surface area contributed by atoms with Crippen LogP contribution in [0.4, 0.5) is 0 Å². The van der Waals surface area contributed by atoms with Crippen LogP contribution in [0.2, 0.25) is 0 Å². The van der Waals surface area contributed by atoms with Gasteiger partial charge in [-0.1, -0.05) is 11.6 Å². The van der Waals surface area contributed by atoms with E-state index in [1.807, 2.05) is 18.2 Å². The molecule has 2 unspecified atom stereocenters. The summed E-state index contributed by atoms with van der Waals surface area (Å²) in [6.45, 7) is 1.55. The van der Waals surface area contributed by atoms with Crippen LogP contribution in [0.5, 0.6) is 0 Å². The minimum Gasteiger partial charge on any atom is -0.461 e. The van der Waals surface area contributed by atoms with E-state index in [0.29, 0.717) is 23.5 Å². The third-order valence-corrected chi connectivity index (χ3v) is 4.22. The summed E-state index contributed by atoms with van der Waals surface area (Å²) in [6.07, 6.45) is 5.37. The maximum absolute atomic E-state index is 5.85. The van der Waals surface area contributed by atoms with E-state index in [1.54, 1.807) is 6.26 Å². The number of aromatic nitrogens is 1. The molecule has 2 heterocycles. The molecule has 5 heteroatoms. The van der Waals surface area contributed by atoms with Crippen LogP contribution in [-0.4, -0.2) is 29.7 Å². The summed E-state index contributed by atoms with van der Waals surface area (Å²) >= 11 is 0. The van der Waals surface area contributed by atoms with E-state index >= 15 is 0 Å². The van der Waals surface area contributed by atoms with Crippen molar-refractivity contribution in [2.45, 2.75) is 31.8 Å². The fraction of sp³-hybridized carbons (Fsp3) is 0.533. The Morgan fingerprint density at radius 2 is 2.30 bits per heavy atom. The van der Waals surface area contributed by atoms with Gasteiger partial charge in [0.2, 0.25) is 5.76 Å². The third-order valence-electron chi connectivity index (χ3n) is 4.22. The largest absolute Gasteiger partial charge is 0.461 e. The van der Waals surface area contributed by atoms with Gasteiger partial charge < -0.3 is 14.7 Å². The third kappa shape index (κ3) is 2.64. The van der Waals surface area contributed by atoms with Gasteiger partial charge in [-0.25, -0.2) is 0 Å². The molecule has 0 aromatic carbocycles. The Balaban J connectivity index is 1.66. The Morgan fingerprint density at radius 3 is 3.05 bits per heavy atom. The lowest BCUT2D eigenvalue weighted by atomic mass is 10.0. The highest BCUT2D eigenvalue weighted by Gasteiger charge is 2.29. The molecule has 1 aliphatic carbocycles. The second-order valence-corrected chi connectivity index (χ2v) is 5.57. The summed E-state index contributed by atoms with van der Waals surface area (Å²) in [5.74, 6) is 2.00. The zero-order chi connectivity index (χ0) is 13.9. The summed E-state index contributed by atoms with van der Waals surface area (Å²) < 4.78 is 10.6. The van der Waals surface area contributed by atoms with Crippen LogP contribution in [0.1, 0.15) is 25.0 Å². The lowest BCUT2D eigenvalue weighted by Crippen LogP contribution is -2.37. The first-order chi connectivity index (χ1) is 9.78. The van der Waals surface area contributed by atoms with Gasteiger partial charge in [0, 0.05) is 18.7 Å². The SMILES string of the molecule is CN(Cc1cc(-c2ccco2)on1)C1CCCC1CN. The molecule has 2 atom stereocenters. The molecular formula is C15H21N3O2. The molecule has 0 radical (unpaired) electrons. The fourth-order valence-electron chi connectivity index (χ4n) is 3.17. The van der Waals surface area contributed by atoms with Crippen LogP contribution in [-0.2, 0) is 6.54 Å². The zero-order valence-corrected chi connectivity index (χ0v) is 11.8. The van der Waals surface area contributed by atoms with Crippen molar-refractivity contribution >= 4 is 0 Å². The van der Waals surface area contributed by atoms with Gasteiger partial charge in [-0.2, -0.15) is 0 Å². The molecule has 0 bridgehead atoms. The standard InChI is InChI=1S/C15H21N3O2/c1-18(13-5-2-4-11(13)9-16)10-12-8-15(20-17-12)14-6-3-7-19-14/h3,6-8,11,13H,2,4-5,9-10,16H2,1H3. The summed E-state index contributed by atoms with van der Waals surface area (Å²) in [4.78, 5) is 2.34. The van der Waals surface area contributed by atoms with Gasteiger partial charge in [0.15, 0.2) is 5.76 Å². The lowest BCUT2D eigenvalue weighted by molar-refractivity contribution is 0.188. The molecule has 1 aliphatic rings. The number of hydrogen-bond donors (Lipinski definition) is 1. The molecule has 108 valence electrons. The number of nitrogens with two attached hydrogens (primary N) is 1. The van der Waals surface area contributed by atoms with Crippen molar-refractivity contribution in [1.29, 1.82) is 0 Å². The molecular weight excluding hydrogens is 254 g/mol. The molecule has 2 N–H and O–H groups in total. The van der Waals surface area contributed by atoms with Crippen molar-refractivity contribution in [3.63, 3.8) is 0 Å². The van der Waals surface area contributed by atoms with Crippen LogP contribution in [0, 0.1) is 5.92 Å². The summed E-state index contributed by atoms with van der Waals surface area (Å²) in [6, 6.07) is 6.22. The van der Waals surface area contributed by atoms with Gasteiger partial charge in [-0.3, -0.25) is 4.90 Å². The lowest BCUT2D eigenvalue weighted by Gasteiger charge is -2.28. The molecule has 3 rings (SSSR count). The smallest absolute Gasteiger partial charge is 0.202 e. The number of hydrogen-bond acceptors (Lipinski definition) is 5. The molecule has 0 saturated heterocycles. The molecule has 1 saturated carbocycles. The first-order valence-corrected chi connectivity index (χ1v) is 7.17. The summed E-state index contributed by atoms with van der Waals surface area (Å²) in [5, 5.41) is 4.13. The van der Waals surface area contributed by atoms with E-state index in [2.05, 4.69) is 17.1 Å². The molecule has 2 aromatic rings. The van der Waals surface area contributed by atoms with Gasteiger partial charge in [0.25, 0.3) is 0 Å². The average molecular weight is 275 g/mol. The van der Waals surface area contributed by atoms with Gasteiger partial charge >= 0.3 is 0 Å². The molecule has 5 nitrogen and oxygen atoms in total. The first-order valence-electron chi connectivity index (χ1n) is 7.17. The van der Waals surface area contributed by atoms with Gasteiger partial charge in [0.1, 0.15) is 0 Å².